The first-order valence-corrected chi connectivity index (χ1v) is 3.93. The van der Waals surface area contributed by atoms with E-state index in [1.165, 1.54) is 0 Å². The molecule has 65 valence electrons. The van der Waals surface area contributed by atoms with Crippen molar-refractivity contribution in [2.75, 3.05) is 0 Å². The summed E-state index contributed by atoms with van der Waals surface area (Å²) in [7, 11) is 0. The molecule has 11 heavy (non-hydrogen) atoms. The normalized spacial score (nSPS) is 12.9. The van der Waals surface area contributed by atoms with E-state index >= 15 is 0 Å². The van der Waals surface area contributed by atoms with Crippen LogP contribution in [0.5, 0.6) is 0 Å². The van der Waals surface area contributed by atoms with Gasteiger partial charge in [-0.15, -0.1) is 0 Å². The molecule has 0 heterocycles. The Morgan fingerprint density at radius 1 is 1.64 bits per heavy atom. The summed E-state index contributed by atoms with van der Waals surface area (Å²) in [6.07, 6.45) is 3.39. The van der Waals surface area contributed by atoms with Gasteiger partial charge in [0.2, 0.25) is 5.91 Å². The number of unbranched alkanes of at least 4 members (excludes halogenated alkanes) is 2. The number of carbonyl (C=O) groups is 1. The molecule has 0 fully saturated rings. The minimum absolute atomic E-state index is 0.0336. The lowest BCUT2D eigenvalue weighted by Gasteiger charge is -2.04. The molecule has 1 atom stereocenters. The second kappa shape index (κ2) is 6.16. The first-order valence-electron chi connectivity index (χ1n) is 3.93. The van der Waals surface area contributed by atoms with Crippen molar-refractivity contribution in [3.05, 3.63) is 6.61 Å². The van der Waals surface area contributed by atoms with Gasteiger partial charge in [0.05, 0.1) is 6.61 Å². The molecule has 1 radical (unpaired) electrons. The van der Waals surface area contributed by atoms with Gasteiger partial charge >= 0.3 is 0 Å². The van der Waals surface area contributed by atoms with E-state index in [1.54, 1.807) is 0 Å². The Morgan fingerprint density at radius 3 is 2.73 bits per heavy atom. The second-order valence-electron chi connectivity index (χ2n) is 2.77. The number of primary amides is 1. The van der Waals surface area contributed by atoms with Crippen molar-refractivity contribution in [3.8, 4) is 0 Å². The summed E-state index contributed by atoms with van der Waals surface area (Å²) in [4.78, 5) is 10.5. The van der Waals surface area contributed by atoms with E-state index < -0.39 is 0 Å². The summed E-state index contributed by atoms with van der Waals surface area (Å²) in [5, 5.41) is 8.32. The average molecular weight is 158 g/mol. The third kappa shape index (κ3) is 5.85. The fourth-order valence-corrected chi connectivity index (χ4v) is 0.828. The van der Waals surface area contributed by atoms with Crippen LogP contribution in [-0.2, 0) is 4.79 Å². The molecular formula is C8H16NO2. The topological polar surface area (TPSA) is 63.3 Å². The van der Waals surface area contributed by atoms with Gasteiger partial charge in [-0.25, -0.2) is 0 Å². The zero-order chi connectivity index (χ0) is 8.69. The molecule has 0 aromatic heterocycles. The molecule has 1 amide bonds. The quantitative estimate of drug-likeness (QED) is 0.570. The molecule has 3 heteroatoms. The predicted octanol–water partition coefficient (Wildman–Crippen LogP) is 1.20. The van der Waals surface area contributed by atoms with Crippen LogP contribution in [0.2, 0.25) is 0 Å². The van der Waals surface area contributed by atoms with E-state index in [-0.39, 0.29) is 11.8 Å². The highest BCUT2D eigenvalue weighted by molar-refractivity contribution is 5.76. The molecule has 0 bridgehead atoms. The summed E-state index contributed by atoms with van der Waals surface area (Å²) < 4.78 is 0. The van der Waals surface area contributed by atoms with Gasteiger partial charge in [-0.1, -0.05) is 19.8 Å². The van der Waals surface area contributed by atoms with Crippen LogP contribution in [-0.4, -0.2) is 11.0 Å². The van der Waals surface area contributed by atoms with Gasteiger partial charge in [-0.3, -0.25) is 4.79 Å². The number of amides is 1. The monoisotopic (exact) mass is 158 g/mol. The minimum atomic E-state index is -0.238. The van der Waals surface area contributed by atoms with Gasteiger partial charge in [-0.2, -0.15) is 0 Å². The Balaban J connectivity index is 3.17. The number of carbonyl (C=O) groups excluding carboxylic acids is 1. The molecular weight excluding hydrogens is 142 g/mol. The first-order chi connectivity index (χ1) is 5.18. The Morgan fingerprint density at radius 2 is 2.27 bits per heavy atom. The van der Waals surface area contributed by atoms with Crippen LogP contribution in [0.25, 0.3) is 0 Å². The van der Waals surface area contributed by atoms with E-state index in [4.69, 9.17) is 10.8 Å². The van der Waals surface area contributed by atoms with Crippen molar-refractivity contribution in [2.24, 2.45) is 11.7 Å². The zero-order valence-corrected chi connectivity index (χ0v) is 6.92. The van der Waals surface area contributed by atoms with Crippen LogP contribution in [0.3, 0.4) is 0 Å². The third-order valence-electron chi connectivity index (χ3n) is 1.71. The van der Waals surface area contributed by atoms with Crippen LogP contribution in [0.1, 0.15) is 32.6 Å². The molecule has 0 aliphatic heterocycles. The summed E-state index contributed by atoms with van der Waals surface area (Å²) >= 11 is 0. The predicted molar refractivity (Wildman–Crippen MR) is 43.1 cm³/mol. The van der Waals surface area contributed by atoms with Crippen molar-refractivity contribution < 1.29 is 9.90 Å². The van der Waals surface area contributed by atoms with Crippen LogP contribution >= 0.6 is 0 Å². The lowest BCUT2D eigenvalue weighted by molar-refractivity contribution is -0.121. The molecule has 0 rings (SSSR count). The van der Waals surface area contributed by atoms with Gasteiger partial charge in [0.1, 0.15) is 0 Å². The fraction of sp³-hybridized carbons (Fsp3) is 0.750. The minimum Gasteiger partial charge on any atom is -0.390 e. The third-order valence-corrected chi connectivity index (χ3v) is 1.71. The van der Waals surface area contributed by atoms with Crippen molar-refractivity contribution in [1.82, 2.24) is 0 Å². The Labute approximate surface area is 67.6 Å². The number of aliphatic hydroxyl groups excluding tert-OH is 1. The van der Waals surface area contributed by atoms with Crippen molar-refractivity contribution in [1.29, 1.82) is 0 Å². The SMILES string of the molecule is C[C@@H](CCCC[CH]O)C(N)=O. The van der Waals surface area contributed by atoms with E-state index in [2.05, 4.69) is 0 Å². The van der Waals surface area contributed by atoms with Crippen LogP contribution in [0.4, 0.5) is 0 Å². The summed E-state index contributed by atoms with van der Waals surface area (Å²) in [6.45, 7) is 2.97. The summed E-state index contributed by atoms with van der Waals surface area (Å²) in [5.41, 5.74) is 5.05. The van der Waals surface area contributed by atoms with Gasteiger partial charge in [0.25, 0.3) is 0 Å². The fourth-order valence-electron chi connectivity index (χ4n) is 0.828. The largest absolute Gasteiger partial charge is 0.390 e. The Hall–Kier alpha value is -0.570. The Kier molecular flexibility index (Phi) is 5.84. The van der Waals surface area contributed by atoms with Crippen LogP contribution in [0.15, 0.2) is 0 Å². The second-order valence-corrected chi connectivity index (χ2v) is 2.77. The number of hydrogen-bond acceptors (Lipinski definition) is 2. The molecule has 3 N–H and O–H groups in total. The lowest BCUT2D eigenvalue weighted by atomic mass is 10.0. The van der Waals surface area contributed by atoms with Crippen LogP contribution in [0, 0.1) is 12.5 Å². The van der Waals surface area contributed by atoms with Gasteiger partial charge in [-0.05, 0) is 12.8 Å². The van der Waals surface area contributed by atoms with Crippen LogP contribution < -0.4 is 5.73 Å². The Bertz CT molecular complexity index is 115. The van der Waals surface area contributed by atoms with Gasteiger partial charge in [0.15, 0.2) is 0 Å². The molecule has 0 aromatic rings. The number of hydrogen-bond donors (Lipinski definition) is 2. The van der Waals surface area contributed by atoms with Crippen molar-refractivity contribution >= 4 is 5.91 Å². The van der Waals surface area contributed by atoms with E-state index in [0.29, 0.717) is 6.42 Å². The van der Waals surface area contributed by atoms with Crippen molar-refractivity contribution in [3.63, 3.8) is 0 Å². The maximum Gasteiger partial charge on any atom is 0.220 e. The first kappa shape index (κ1) is 10.4. The molecule has 0 spiro atoms. The lowest BCUT2D eigenvalue weighted by Crippen LogP contribution is -2.20. The highest BCUT2D eigenvalue weighted by Crippen LogP contribution is 2.08. The maximum absolute atomic E-state index is 10.5. The molecule has 3 nitrogen and oxygen atoms in total. The number of rotatable bonds is 6. The van der Waals surface area contributed by atoms with E-state index in [9.17, 15) is 4.79 Å². The molecule has 0 saturated carbocycles. The summed E-state index contributed by atoms with van der Waals surface area (Å²) in [5.74, 6) is -0.272. The molecule has 0 unspecified atom stereocenters. The zero-order valence-electron chi connectivity index (χ0n) is 6.92. The summed E-state index contributed by atoms with van der Waals surface area (Å²) in [6, 6.07) is 0. The standard InChI is InChI=1S/C8H16NO2/c1-7(8(9)11)5-3-2-4-6-10/h6-7,10H,2-5H2,1H3,(H2,9,11)/t7-/m0/s1. The van der Waals surface area contributed by atoms with E-state index in [1.807, 2.05) is 6.92 Å². The highest BCUT2D eigenvalue weighted by Gasteiger charge is 2.06. The highest BCUT2D eigenvalue weighted by atomic mass is 16.2. The van der Waals surface area contributed by atoms with E-state index in [0.717, 1.165) is 25.9 Å². The molecule has 0 aromatic carbocycles. The molecule has 0 aliphatic rings. The number of aliphatic hydroxyl groups is 1. The average Bonchev–Trinajstić information content (AvgIpc) is 1.97. The smallest absolute Gasteiger partial charge is 0.220 e. The van der Waals surface area contributed by atoms with Gasteiger partial charge in [0, 0.05) is 5.92 Å². The maximum atomic E-state index is 10.5. The number of nitrogens with two attached hydrogens (primary N) is 1. The molecule has 0 aliphatic carbocycles. The van der Waals surface area contributed by atoms with Gasteiger partial charge < -0.3 is 10.8 Å². The van der Waals surface area contributed by atoms with Crippen molar-refractivity contribution in [2.45, 2.75) is 32.6 Å². The molecule has 0 saturated heterocycles.